The molecule has 0 radical (unpaired) electrons. The fourth-order valence-electron chi connectivity index (χ4n) is 5.10. The van der Waals surface area contributed by atoms with Crippen LogP contribution in [0, 0.1) is 5.92 Å². The number of methoxy groups -OCH3 is 2. The number of aliphatic hydroxyl groups is 1. The number of hydrogen-bond donors (Lipinski definition) is 1. The number of amides is 1. The normalized spacial score (nSPS) is 26.5. The molecule has 2 aliphatic rings. The highest BCUT2D eigenvalue weighted by molar-refractivity contribution is 5.97. The Morgan fingerprint density at radius 3 is 2.52 bits per heavy atom. The van der Waals surface area contributed by atoms with Gasteiger partial charge in [0.25, 0.3) is 5.91 Å². The molecule has 3 atom stereocenters. The second-order valence-electron chi connectivity index (χ2n) is 8.12. The molecule has 5 nitrogen and oxygen atoms in total. The molecule has 2 aromatic carbocycles. The van der Waals surface area contributed by atoms with Crippen LogP contribution in [0.3, 0.4) is 0 Å². The summed E-state index contributed by atoms with van der Waals surface area (Å²) in [5.74, 6) is 1.34. The van der Waals surface area contributed by atoms with Gasteiger partial charge < -0.3 is 19.5 Å². The van der Waals surface area contributed by atoms with Gasteiger partial charge in [-0.2, -0.15) is 0 Å². The number of hydrogen-bond acceptors (Lipinski definition) is 4. The van der Waals surface area contributed by atoms with Crippen molar-refractivity contribution in [3.05, 3.63) is 59.7 Å². The largest absolute Gasteiger partial charge is 0.497 e. The number of ether oxygens (including phenoxy) is 2. The van der Waals surface area contributed by atoms with Crippen LogP contribution in [-0.2, 0) is 0 Å². The maximum absolute atomic E-state index is 13.6. The summed E-state index contributed by atoms with van der Waals surface area (Å²) in [5, 5.41) is 11.4. The molecular formula is C24H29NO4. The van der Waals surface area contributed by atoms with Crippen LogP contribution in [-0.4, -0.2) is 42.3 Å². The third-order valence-electron chi connectivity index (χ3n) is 6.62. The third kappa shape index (κ3) is 3.60. The van der Waals surface area contributed by atoms with E-state index in [-0.39, 0.29) is 17.9 Å². The van der Waals surface area contributed by atoms with Gasteiger partial charge >= 0.3 is 0 Å². The standard InChI is InChI=1S/C24H29NO4/c1-28-18-12-10-17(11-13-18)22-20-8-5-6-14-24(20,27)15-16-25(22)23(26)19-7-3-4-9-21(19)29-2/h3-4,7,9-13,20,22,27H,5-6,8,14-16H2,1-2H3/t20-,22-,24+/m0/s1. The van der Waals surface area contributed by atoms with Crippen LogP contribution < -0.4 is 9.47 Å². The molecule has 0 bridgehead atoms. The van der Waals surface area contributed by atoms with Crippen LogP contribution in [0.1, 0.15) is 54.1 Å². The number of carbonyl (C=O) groups excluding carboxylic acids is 1. The van der Waals surface area contributed by atoms with Crippen LogP contribution in [0.2, 0.25) is 0 Å². The number of benzene rings is 2. The molecule has 0 unspecified atom stereocenters. The summed E-state index contributed by atoms with van der Waals surface area (Å²) in [6, 6.07) is 15.1. The van der Waals surface area contributed by atoms with Gasteiger partial charge in [-0.25, -0.2) is 0 Å². The van der Waals surface area contributed by atoms with E-state index in [9.17, 15) is 9.90 Å². The summed E-state index contributed by atoms with van der Waals surface area (Å²) in [7, 11) is 3.23. The average Bonchev–Trinajstić information content (AvgIpc) is 2.77. The van der Waals surface area contributed by atoms with E-state index in [4.69, 9.17) is 9.47 Å². The number of rotatable bonds is 4. The molecule has 4 rings (SSSR count). The molecule has 1 heterocycles. The van der Waals surface area contributed by atoms with Gasteiger partial charge in [0.2, 0.25) is 0 Å². The average molecular weight is 395 g/mol. The highest BCUT2D eigenvalue weighted by atomic mass is 16.5. The monoisotopic (exact) mass is 395 g/mol. The van der Waals surface area contributed by atoms with E-state index in [0.29, 0.717) is 24.3 Å². The Morgan fingerprint density at radius 1 is 1.03 bits per heavy atom. The molecule has 1 amide bonds. The van der Waals surface area contributed by atoms with Crippen molar-refractivity contribution in [2.45, 2.75) is 43.7 Å². The predicted octanol–water partition coefficient (Wildman–Crippen LogP) is 4.21. The number of likely N-dealkylation sites (tertiary alicyclic amines) is 1. The molecule has 1 N–H and O–H groups in total. The lowest BCUT2D eigenvalue weighted by molar-refractivity contribution is -0.115. The minimum Gasteiger partial charge on any atom is -0.497 e. The minimum absolute atomic E-state index is 0.0250. The van der Waals surface area contributed by atoms with Crippen LogP contribution in [0.5, 0.6) is 11.5 Å². The SMILES string of the molecule is COc1ccc([C@H]2[C@@H]3CCCC[C@@]3(O)CCN2C(=O)c2ccccc2OC)cc1. The lowest BCUT2D eigenvalue weighted by Crippen LogP contribution is -2.56. The molecule has 29 heavy (non-hydrogen) atoms. The number of piperidine rings is 1. The lowest BCUT2D eigenvalue weighted by atomic mass is 9.66. The Bertz CT molecular complexity index is 865. The number of carbonyl (C=O) groups is 1. The van der Waals surface area contributed by atoms with Crippen LogP contribution in [0.15, 0.2) is 48.5 Å². The molecule has 0 aromatic heterocycles. The van der Waals surface area contributed by atoms with Crippen molar-refractivity contribution in [1.82, 2.24) is 4.90 Å². The van der Waals surface area contributed by atoms with Gasteiger partial charge in [0.15, 0.2) is 0 Å². The summed E-state index contributed by atoms with van der Waals surface area (Å²) in [6.07, 6.45) is 4.47. The first kappa shape index (κ1) is 19.8. The Balaban J connectivity index is 1.75. The predicted molar refractivity (Wildman–Crippen MR) is 111 cm³/mol. The number of para-hydroxylation sites is 1. The van der Waals surface area contributed by atoms with E-state index in [1.807, 2.05) is 53.4 Å². The molecule has 0 spiro atoms. The van der Waals surface area contributed by atoms with E-state index in [2.05, 4.69) is 0 Å². The molecule has 2 fully saturated rings. The number of nitrogens with zero attached hydrogens (tertiary/aromatic N) is 1. The molecular weight excluding hydrogens is 366 g/mol. The van der Waals surface area contributed by atoms with E-state index in [1.165, 1.54) is 0 Å². The molecule has 1 saturated heterocycles. The van der Waals surface area contributed by atoms with E-state index < -0.39 is 5.60 Å². The van der Waals surface area contributed by atoms with Crippen molar-refractivity contribution < 1.29 is 19.4 Å². The Morgan fingerprint density at radius 2 is 1.79 bits per heavy atom. The van der Waals surface area contributed by atoms with Gasteiger partial charge in [-0.3, -0.25) is 4.79 Å². The van der Waals surface area contributed by atoms with Crippen LogP contribution in [0.4, 0.5) is 0 Å². The smallest absolute Gasteiger partial charge is 0.258 e. The summed E-state index contributed by atoms with van der Waals surface area (Å²) in [6.45, 7) is 0.528. The van der Waals surface area contributed by atoms with Gasteiger partial charge in [0.1, 0.15) is 11.5 Å². The fraction of sp³-hybridized carbons (Fsp3) is 0.458. The minimum atomic E-state index is -0.708. The van der Waals surface area contributed by atoms with Gasteiger partial charge in [0.05, 0.1) is 31.4 Å². The molecule has 1 aliphatic carbocycles. The molecule has 2 aromatic rings. The summed E-state index contributed by atoms with van der Waals surface area (Å²) >= 11 is 0. The molecule has 1 aliphatic heterocycles. The van der Waals surface area contributed by atoms with Crippen molar-refractivity contribution in [3.8, 4) is 11.5 Å². The first-order valence-corrected chi connectivity index (χ1v) is 10.4. The van der Waals surface area contributed by atoms with Gasteiger partial charge in [-0.05, 0) is 49.1 Å². The third-order valence-corrected chi connectivity index (χ3v) is 6.62. The van der Waals surface area contributed by atoms with E-state index >= 15 is 0 Å². The Kier molecular flexibility index (Phi) is 5.50. The van der Waals surface area contributed by atoms with Crippen molar-refractivity contribution in [3.63, 3.8) is 0 Å². The second kappa shape index (κ2) is 8.07. The van der Waals surface area contributed by atoms with Crippen molar-refractivity contribution in [1.29, 1.82) is 0 Å². The molecule has 5 heteroatoms. The second-order valence-corrected chi connectivity index (χ2v) is 8.12. The van der Waals surface area contributed by atoms with Crippen molar-refractivity contribution >= 4 is 5.91 Å². The zero-order valence-electron chi connectivity index (χ0n) is 17.1. The fourth-order valence-corrected chi connectivity index (χ4v) is 5.10. The Labute approximate surface area is 172 Å². The van der Waals surface area contributed by atoms with E-state index in [1.54, 1.807) is 14.2 Å². The zero-order chi connectivity index (χ0) is 20.4. The molecule has 154 valence electrons. The quantitative estimate of drug-likeness (QED) is 0.842. The summed E-state index contributed by atoms with van der Waals surface area (Å²) in [4.78, 5) is 15.5. The van der Waals surface area contributed by atoms with Crippen molar-refractivity contribution in [2.24, 2.45) is 5.92 Å². The van der Waals surface area contributed by atoms with Gasteiger partial charge in [-0.15, -0.1) is 0 Å². The maximum Gasteiger partial charge on any atom is 0.258 e. The maximum atomic E-state index is 13.6. The Hall–Kier alpha value is -2.53. The van der Waals surface area contributed by atoms with Crippen LogP contribution in [0.25, 0.3) is 0 Å². The summed E-state index contributed by atoms with van der Waals surface area (Å²) in [5.41, 5.74) is 0.897. The first-order chi connectivity index (χ1) is 14.1. The highest BCUT2D eigenvalue weighted by Gasteiger charge is 2.50. The molecule has 1 saturated carbocycles. The topological polar surface area (TPSA) is 59.0 Å². The number of fused-ring (bicyclic) bond motifs is 1. The first-order valence-electron chi connectivity index (χ1n) is 10.4. The lowest BCUT2D eigenvalue weighted by Gasteiger charge is -2.52. The highest BCUT2D eigenvalue weighted by Crippen LogP contribution is 2.50. The van der Waals surface area contributed by atoms with Crippen molar-refractivity contribution in [2.75, 3.05) is 20.8 Å². The van der Waals surface area contributed by atoms with Crippen LogP contribution >= 0.6 is 0 Å². The van der Waals surface area contributed by atoms with E-state index in [0.717, 1.165) is 37.0 Å². The summed E-state index contributed by atoms with van der Waals surface area (Å²) < 4.78 is 10.8. The zero-order valence-corrected chi connectivity index (χ0v) is 17.1. The van der Waals surface area contributed by atoms with Gasteiger partial charge in [0, 0.05) is 12.5 Å². The van der Waals surface area contributed by atoms with Gasteiger partial charge in [-0.1, -0.05) is 37.1 Å².